The molecule has 1 fully saturated rings. The van der Waals surface area contributed by atoms with Crippen LogP contribution >= 0.6 is 0 Å². The molecule has 0 spiro atoms. The third-order valence-corrected chi connectivity index (χ3v) is 3.34. The molecule has 0 amide bonds. The van der Waals surface area contributed by atoms with Crippen molar-refractivity contribution in [3.05, 3.63) is 29.6 Å². The molecule has 1 saturated heterocycles. The standard InChI is InChI=1S/C13H19N3O/c1-10-2-5-15-8-12(10)13(17)9-16-6-3-11(14)4-7-16/h2,5,8,11H,3-4,6-7,9,14H2,1H3. The SMILES string of the molecule is Cc1ccncc1C(=O)CN1CCC(N)CC1. The van der Waals surface area contributed by atoms with Crippen molar-refractivity contribution >= 4 is 5.78 Å². The number of Topliss-reactive ketones (excluding diaryl/α,β-unsaturated/α-hetero) is 1. The van der Waals surface area contributed by atoms with Crippen LogP contribution in [0.2, 0.25) is 0 Å². The predicted octanol–water partition coefficient (Wildman–Crippen LogP) is 0.996. The fourth-order valence-electron chi connectivity index (χ4n) is 2.16. The Morgan fingerprint density at radius 1 is 1.53 bits per heavy atom. The molecule has 0 unspecified atom stereocenters. The zero-order chi connectivity index (χ0) is 12.3. The number of pyridine rings is 1. The second-order valence-corrected chi connectivity index (χ2v) is 4.73. The van der Waals surface area contributed by atoms with Crippen molar-refractivity contribution in [3.8, 4) is 0 Å². The fraction of sp³-hybridized carbons (Fsp3) is 0.538. The summed E-state index contributed by atoms with van der Waals surface area (Å²) < 4.78 is 0. The highest BCUT2D eigenvalue weighted by Gasteiger charge is 2.19. The van der Waals surface area contributed by atoms with Crippen molar-refractivity contribution in [2.75, 3.05) is 19.6 Å². The summed E-state index contributed by atoms with van der Waals surface area (Å²) in [5.74, 6) is 0.158. The quantitative estimate of drug-likeness (QED) is 0.791. The number of hydrogen-bond donors (Lipinski definition) is 1. The first kappa shape index (κ1) is 12.2. The Morgan fingerprint density at radius 2 is 2.24 bits per heavy atom. The molecule has 1 aromatic rings. The summed E-state index contributed by atoms with van der Waals surface area (Å²) in [6, 6.07) is 2.18. The maximum Gasteiger partial charge on any atom is 0.178 e. The first-order valence-corrected chi connectivity index (χ1v) is 6.08. The molecule has 92 valence electrons. The van der Waals surface area contributed by atoms with Crippen LogP contribution in [0, 0.1) is 6.92 Å². The molecule has 0 atom stereocenters. The van der Waals surface area contributed by atoms with Crippen LogP contribution < -0.4 is 5.73 Å². The van der Waals surface area contributed by atoms with Crippen LogP contribution in [0.4, 0.5) is 0 Å². The number of carbonyl (C=O) groups is 1. The first-order valence-electron chi connectivity index (χ1n) is 6.08. The molecule has 4 nitrogen and oxygen atoms in total. The van der Waals surface area contributed by atoms with E-state index in [1.807, 2.05) is 13.0 Å². The number of ketones is 1. The smallest absolute Gasteiger partial charge is 0.178 e. The highest BCUT2D eigenvalue weighted by atomic mass is 16.1. The van der Waals surface area contributed by atoms with E-state index in [4.69, 9.17) is 5.73 Å². The van der Waals surface area contributed by atoms with Crippen LogP contribution in [-0.4, -0.2) is 41.3 Å². The molecule has 0 saturated carbocycles. The Kier molecular flexibility index (Phi) is 3.86. The highest BCUT2D eigenvalue weighted by Crippen LogP contribution is 2.11. The van der Waals surface area contributed by atoms with Gasteiger partial charge in [0.25, 0.3) is 0 Å². The summed E-state index contributed by atoms with van der Waals surface area (Å²) in [5, 5.41) is 0. The Balaban J connectivity index is 1.96. The second kappa shape index (κ2) is 5.38. The Bertz CT molecular complexity index is 397. The average Bonchev–Trinajstić information content (AvgIpc) is 2.32. The molecule has 1 aromatic heterocycles. The minimum atomic E-state index is 0.158. The predicted molar refractivity (Wildman–Crippen MR) is 67.0 cm³/mol. The van der Waals surface area contributed by atoms with Gasteiger partial charge in [-0.2, -0.15) is 0 Å². The third kappa shape index (κ3) is 3.11. The molecule has 17 heavy (non-hydrogen) atoms. The average molecular weight is 233 g/mol. The number of aromatic nitrogens is 1. The lowest BCUT2D eigenvalue weighted by Gasteiger charge is -2.29. The Morgan fingerprint density at radius 3 is 2.88 bits per heavy atom. The van der Waals surface area contributed by atoms with Crippen molar-refractivity contribution in [3.63, 3.8) is 0 Å². The minimum absolute atomic E-state index is 0.158. The van der Waals surface area contributed by atoms with Gasteiger partial charge in [-0.1, -0.05) is 0 Å². The third-order valence-electron chi connectivity index (χ3n) is 3.34. The van der Waals surface area contributed by atoms with Gasteiger partial charge in [0.2, 0.25) is 0 Å². The lowest BCUT2D eigenvalue weighted by atomic mass is 10.0. The van der Waals surface area contributed by atoms with E-state index in [1.54, 1.807) is 12.4 Å². The fourth-order valence-corrected chi connectivity index (χ4v) is 2.16. The van der Waals surface area contributed by atoms with Gasteiger partial charge in [0, 0.05) is 37.1 Å². The largest absolute Gasteiger partial charge is 0.328 e. The van der Waals surface area contributed by atoms with Crippen molar-refractivity contribution in [2.24, 2.45) is 5.73 Å². The highest BCUT2D eigenvalue weighted by molar-refractivity contribution is 5.98. The summed E-state index contributed by atoms with van der Waals surface area (Å²) in [6.07, 6.45) is 5.35. The summed E-state index contributed by atoms with van der Waals surface area (Å²) in [4.78, 5) is 18.3. The van der Waals surface area contributed by atoms with Crippen LogP contribution in [0.25, 0.3) is 0 Å². The molecule has 0 aliphatic carbocycles. The van der Waals surface area contributed by atoms with Crippen molar-refractivity contribution < 1.29 is 4.79 Å². The van der Waals surface area contributed by atoms with Crippen LogP contribution in [0.1, 0.15) is 28.8 Å². The van der Waals surface area contributed by atoms with Crippen LogP contribution in [0.15, 0.2) is 18.5 Å². The topological polar surface area (TPSA) is 59.2 Å². The van der Waals surface area contributed by atoms with Gasteiger partial charge in [0.15, 0.2) is 5.78 Å². The van der Waals surface area contributed by atoms with Gasteiger partial charge >= 0.3 is 0 Å². The molecular weight excluding hydrogens is 214 g/mol. The second-order valence-electron chi connectivity index (χ2n) is 4.73. The Hall–Kier alpha value is -1.26. The van der Waals surface area contributed by atoms with Crippen LogP contribution in [0.5, 0.6) is 0 Å². The molecular formula is C13H19N3O. The molecule has 0 bridgehead atoms. The summed E-state index contributed by atoms with van der Waals surface area (Å²) in [5.41, 5.74) is 7.58. The number of hydrogen-bond acceptors (Lipinski definition) is 4. The molecule has 0 aromatic carbocycles. The molecule has 0 radical (unpaired) electrons. The molecule has 1 aliphatic rings. The van der Waals surface area contributed by atoms with E-state index in [1.165, 1.54) is 0 Å². The Labute approximate surface area is 102 Å². The molecule has 1 aliphatic heterocycles. The normalized spacial score (nSPS) is 18.2. The lowest BCUT2D eigenvalue weighted by molar-refractivity contribution is 0.0909. The van der Waals surface area contributed by atoms with Gasteiger partial charge in [-0.15, -0.1) is 0 Å². The monoisotopic (exact) mass is 233 g/mol. The minimum Gasteiger partial charge on any atom is -0.328 e. The van der Waals surface area contributed by atoms with E-state index in [0.717, 1.165) is 37.1 Å². The van der Waals surface area contributed by atoms with E-state index in [2.05, 4.69) is 9.88 Å². The van der Waals surface area contributed by atoms with Gasteiger partial charge in [-0.25, -0.2) is 0 Å². The molecule has 2 heterocycles. The van der Waals surface area contributed by atoms with E-state index in [0.29, 0.717) is 12.6 Å². The van der Waals surface area contributed by atoms with Gasteiger partial charge in [0.05, 0.1) is 6.54 Å². The number of nitrogens with two attached hydrogens (primary N) is 1. The number of aryl methyl sites for hydroxylation is 1. The first-order chi connectivity index (χ1) is 8.16. The molecule has 2 N–H and O–H groups in total. The summed E-state index contributed by atoms with van der Waals surface area (Å²) in [7, 11) is 0. The zero-order valence-electron chi connectivity index (χ0n) is 10.2. The number of rotatable bonds is 3. The van der Waals surface area contributed by atoms with Crippen LogP contribution in [0.3, 0.4) is 0 Å². The van der Waals surface area contributed by atoms with Gasteiger partial charge < -0.3 is 5.73 Å². The van der Waals surface area contributed by atoms with Gasteiger partial charge in [-0.05, 0) is 31.4 Å². The van der Waals surface area contributed by atoms with E-state index >= 15 is 0 Å². The van der Waals surface area contributed by atoms with Gasteiger partial charge in [-0.3, -0.25) is 14.7 Å². The number of piperidine rings is 1. The van der Waals surface area contributed by atoms with E-state index in [-0.39, 0.29) is 5.78 Å². The van der Waals surface area contributed by atoms with E-state index < -0.39 is 0 Å². The number of carbonyl (C=O) groups excluding carboxylic acids is 1. The number of likely N-dealkylation sites (tertiary alicyclic amines) is 1. The number of nitrogens with zero attached hydrogens (tertiary/aromatic N) is 2. The maximum absolute atomic E-state index is 12.1. The van der Waals surface area contributed by atoms with Crippen LogP contribution in [-0.2, 0) is 0 Å². The maximum atomic E-state index is 12.1. The zero-order valence-corrected chi connectivity index (χ0v) is 10.2. The van der Waals surface area contributed by atoms with Gasteiger partial charge in [0.1, 0.15) is 0 Å². The van der Waals surface area contributed by atoms with E-state index in [9.17, 15) is 4.79 Å². The molecule has 4 heteroatoms. The van der Waals surface area contributed by atoms with Crippen molar-refractivity contribution in [2.45, 2.75) is 25.8 Å². The molecule has 2 rings (SSSR count). The van der Waals surface area contributed by atoms with Crippen molar-refractivity contribution in [1.82, 2.24) is 9.88 Å². The summed E-state index contributed by atoms with van der Waals surface area (Å²) in [6.45, 7) is 4.28. The summed E-state index contributed by atoms with van der Waals surface area (Å²) >= 11 is 0. The van der Waals surface area contributed by atoms with Crippen molar-refractivity contribution in [1.29, 1.82) is 0 Å². The lowest BCUT2D eigenvalue weighted by Crippen LogP contribution is -2.42.